The lowest BCUT2D eigenvalue weighted by Gasteiger charge is -2.10. The van der Waals surface area contributed by atoms with E-state index in [1.165, 1.54) is 17.0 Å². The van der Waals surface area contributed by atoms with Gasteiger partial charge >= 0.3 is 0 Å². The van der Waals surface area contributed by atoms with Crippen LogP contribution in [0.15, 0.2) is 55.4 Å². The van der Waals surface area contributed by atoms with Crippen molar-refractivity contribution in [1.82, 2.24) is 25.1 Å². The largest absolute Gasteiger partial charge is 0.365 e. The van der Waals surface area contributed by atoms with E-state index < -0.39 is 0 Å². The van der Waals surface area contributed by atoms with Crippen LogP contribution in [0.5, 0.6) is 0 Å². The Kier molecular flexibility index (Phi) is 7.17. The molecule has 3 aromatic rings. The molecule has 2 heterocycles. The summed E-state index contributed by atoms with van der Waals surface area (Å²) in [6.07, 6.45) is 4.37. The SMILES string of the molecule is C=CC(=O)Nc1ccc(CNc2nc(Nc3ccn(CC(=O)NC)n3)ncc2Cl)cc1. The number of hydrogen-bond donors (Lipinski definition) is 4. The number of amides is 2. The second-order valence-corrected chi connectivity index (χ2v) is 6.74. The molecule has 0 unspecified atom stereocenters. The van der Waals surface area contributed by atoms with E-state index in [1.807, 2.05) is 12.1 Å². The predicted molar refractivity (Wildman–Crippen MR) is 119 cm³/mol. The van der Waals surface area contributed by atoms with E-state index in [4.69, 9.17) is 11.6 Å². The first-order valence-corrected chi connectivity index (χ1v) is 9.64. The topological polar surface area (TPSA) is 126 Å². The molecule has 0 saturated heterocycles. The number of likely N-dealkylation sites (N-methyl/N-ethyl adjacent to an activating group) is 1. The fraction of sp³-hybridized carbons (Fsp3) is 0.150. The summed E-state index contributed by atoms with van der Waals surface area (Å²) in [7, 11) is 1.57. The summed E-state index contributed by atoms with van der Waals surface area (Å²) in [6.45, 7) is 4.00. The van der Waals surface area contributed by atoms with E-state index >= 15 is 0 Å². The monoisotopic (exact) mass is 440 g/mol. The maximum Gasteiger partial charge on any atom is 0.247 e. The van der Waals surface area contributed by atoms with Gasteiger partial charge in [-0.25, -0.2) is 4.98 Å². The lowest BCUT2D eigenvalue weighted by molar-refractivity contribution is -0.121. The molecule has 0 radical (unpaired) electrons. The Morgan fingerprint density at radius 1 is 1.23 bits per heavy atom. The molecule has 11 heteroatoms. The van der Waals surface area contributed by atoms with Gasteiger partial charge in [0.1, 0.15) is 11.6 Å². The summed E-state index contributed by atoms with van der Waals surface area (Å²) in [6, 6.07) is 9.04. The Bertz CT molecular complexity index is 1080. The van der Waals surface area contributed by atoms with E-state index in [1.54, 1.807) is 31.4 Å². The highest BCUT2D eigenvalue weighted by molar-refractivity contribution is 6.32. The van der Waals surface area contributed by atoms with Gasteiger partial charge in [0.25, 0.3) is 0 Å². The normalized spacial score (nSPS) is 10.3. The van der Waals surface area contributed by atoms with Gasteiger partial charge in [0.05, 0.1) is 6.20 Å². The lowest BCUT2D eigenvalue weighted by atomic mass is 10.2. The molecule has 2 aromatic heterocycles. The zero-order chi connectivity index (χ0) is 22.2. The number of rotatable bonds is 9. The average molecular weight is 441 g/mol. The van der Waals surface area contributed by atoms with Gasteiger partial charge in [0.2, 0.25) is 17.8 Å². The summed E-state index contributed by atoms with van der Waals surface area (Å²) in [4.78, 5) is 31.3. The second kappa shape index (κ2) is 10.2. The maximum absolute atomic E-state index is 11.4. The molecule has 0 aliphatic rings. The number of benzene rings is 1. The van der Waals surface area contributed by atoms with Crippen LogP contribution in [0.25, 0.3) is 0 Å². The lowest BCUT2D eigenvalue weighted by Crippen LogP contribution is -2.23. The maximum atomic E-state index is 11.4. The minimum atomic E-state index is -0.267. The average Bonchev–Trinajstić information content (AvgIpc) is 3.21. The number of anilines is 4. The van der Waals surface area contributed by atoms with Gasteiger partial charge in [-0.05, 0) is 23.8 Å². The van der Waals surface area contributed by atoms with Crippen LogP contribution in [0.3, 0.4) is 0 Å². The summed E-state index contributed by atoms with van der Waals surface area (Å²) in [5.41, 5.74) is 1.64. The van der Waals surface area contributed by atoms with E-state index in [9.17, 15) is 9.59 Å². The standard InChI is InChI=1S/C20H21ClN8O2/c1-3-17(30)25-14-6-4-13(5-7-14)10-23-19-15(21)11-24-20(27-19)26-16-8-9-29(28-16)12-18(31)22-2/h3-9,11H,1,10,12H2,2H3,(H,22,31)(H,25,30)(H2,23,24,26,27,28). The smallest absolute Gasteiger partial charge is 0.247 e. The number of nitrogens with zero attached hydrogens (tertiary/aromatic N) is 4. The summed E-state index contributed by atoms with van der Waals surface area (Å²) >= 11 is 6.20. The van der Waals surface area contributed by atoms with Crippen molar-refractivity contribution in [2.45, 2.75) is 13.1 Å². The van der Waals surface area contributed by atoms with Crippen LogP contribution < -0.4 is 21.3 Å². The van der Waals surface area contributed by atoms with Crippen LogP contribution in [-0.4, -0.2) is 38.6 Å². The molecule has 2 amide bonds. The Labute approximate surface area is 183 Å². The van der Waals surface area contributed by atoms with E-state index in [2.05, 4.69) is 42.9 Å². The third-order valence-corrected chi connectivity index (χ3v) is 4.35. The highest BCUT2D eigenvalue weighted by atomic mass is 35.5. The Morgan fingerprint density at radius 3 is 2.71 bits per heavy atom. The van der Waals surface area contributed by atoms with Gasteiger partial charge in [-0.2, -0.15) is 10.1 Å². The minimum Gasteiger partial charge on any atom is -0.365 e. The molecule has 0 spiro atoms. The first-order chi connectivity index (χ1) is 15.0. The van der Waals surface area contributed by atoms with Gasteiger partial charge in [0, 0.05) is 31.5 Å². The molecule has 0 aliphatic heterocycles. The van der Waals surface area contributed by atoms with Crippen LogP contribution in [0, 0.1) is 0 Å². The van der Waals surface area contributed by atoms with Crippen LogP contribution in [0.1, 0.15) is 5.56 Å². The number of carbonyl (C=O) groups excluding carboxylic acids is 2. The zero-order valence-corrected chi connectivity index (χ0v) is 17.5. The van der Waals surface area contributed by atoms with Crippen molar-refractivity contribution in [3.05, 3.63) is 66.0 Å². The molecular formula is C20H21ClN8O2. The molecule has 0 fully saturated rings. The van der Waals surface area contributed by atoms with Crippen molar-refractivity contribution in [1.29, 1.82) is 0 Å². The predicted octanol–water partition coefficient (Wildman–Crippen LogP) is 2.55. The number of nitrogens with one attached hydrogen (secondary N) is 4. The number of hydrogen-bond acceptors (Lipinski definition) is 7. The molecule has 0 aliphatic carbocycles. The number of halogens is 1. The Morgan fingerprint density at radius 2 is 2.00 bits per heavy atom. The summed E-state index contributed by atoms with van der Waals surface area (Å²) < 4.78 is 1.50. The highest BCUT2D eigenvalue weighted by Gasteiger charge is 2.08. The van der Waals surface area contributed by atoms with Gasteiger partial charge in [-0.3, -0.25) is 14.3 Å². The van der Waals surface area contributed by atoms with Crippen LogP contribution in [0.4, 0.5) is 23.3 Å². The molecule has 0 saturated carbocycles. The van der Waals surface area contributed by atoms with Crippen LogP contribution >= 0.6 is 11.6 Å². The molecule has 10 nitrogen and oxygen atoms in total. The quantitative estimate of drug-likeness (QED) is 0.377. The number of aromatic nitrogens is 4. The molecule has 4 N–H and O–H groups in total. The fourth-order valence-corrected chi connectivity index (χ4v) is 2.65. The van der Waals surface area contributed by atoms with E-state index in [0.29, 0.717) is 34.8 Å². The Balaban J connectivity index is 1.61. The van der Waals surface area contributed by atoms with E-state index in [-0.39, 0.29) is 18.4 Å². The molecule has 31 heavy (non-hydrogen) atoms. The highest BCUT2D eigenvalue weighted by Crippen LogP contribution is 2.22. The van der Waals surface area contributed by atoms with E-state index in [0.717, 1.165) is 5.56 Å². The molecule has 0 atom stereocenters. The van der Waals surface area contributed by atoms with Gasteiger partial charge in [0.15, 0.2) is 11.6 Å². The minimum absolute atomic E-state index is 0.114. The van der Waals surface area contributed by atoms with Gasteiger partial charge in [-0.15, -0.1) is 0 Å². The Hall–Kier alpha value is -3.92. The summed E-state index contributed by atoms with van der Waals surface area (Å²) in [5.74, 6) is 0.832. The van der Waals surface area contributed by atoms with Gasteiger partial charge in [-0.1, -0.05) is 30.3 Å². The third kappa shape index (κ3) is 6.28. The van der Waals surface area contributed by atoms with Crippen molar-refractivity contribution >= 4 is 46.7 Å². The van der Waals surface area contributed by atoms with Gasteiger partial charge < -0.3 is 21.3 Å². The van der Waals surface area contributed by atoms with Crippen molar-refractivity contribution in [2.24, 2.45) is 0 Å². The van der Waals surface area contributed by atoms with Crippen LogP contribution in [0.2, 0.25) is 5.02 Å². The van der Waals surface area contributed by atoms with Crippen molar-refractivity contribution < 1.29 is 9.59 Å². The first-order valence-electron chi connectivity index (χ1n) is 9.26. The zero-order valence-electron chi connectivity index (χ0n) is 16.7. The van der Waals surface area contributed by atoms with Crippen molar-refractivity contribution in [3.8, 4) is 0 Å². The first kappa shape index (κ1) is 21.8. The van der Waals surface area contributed by atoms with Crippen LogP contribution in [-0.2, 0) is 22.7 Å². The fourth-order valence-electron chi connectivity index (χ4n) is 2.49. The second-order valence-electron chi connectivity index (χ2n) is 6.33. The molecule has 3 rings (SSSR count). The van der Waals surface area contributed by atoms with Crippen molar-refractivity contribution in [2.75, 3.05) is 23.0 Å². The molecular weight excluding hydrogens is 420 g/mol. The third-order valence-electron chi connectivity index (χ3n) is 4.08. The van der Waals surface area contributed by atoms with Crippen molar-refractivity contribution in [3.63, 3.8) is 0 Å². The molecule has 0 bridgehead atoms. The molecule has 1 aromatic carbocycles. The molecule has 160 valence electrons. The number of carbonyl (C=O) groups is 2. The summed E-state index contributed by atoms with van der Waals surface area (Å²) in [5, 5.41) is 16.0.